The average molecular weight is 345 g/mol. The molecule has 0 atom stereocenters. The van der Waals surface area contributed by atoms with Gasteiger partial charge in [-0.25, -0.2) is 0 Å². The van der Waals surface area contributed by atoms with E-state index < -0.39 is 0 Å². The van der Waals surface area contributed by atoms with Crippen molar-refractivity contribution in [3.05, 3.63) is 42.0 Å². The molecule has 1 aromatic rings. The molecule has 1 aliphatic rings. The number of carbonyl (C=O) groups is 1. The Labute approximate surface area is 152 Å². The molecule has 1 N–H and O–H groups in total. The summed E-state index contributed by atoms with van der Waals surface area (Å²) in [7, 11) is 4.14. The molecule has 0 radical (unpaired) electrons. The van der Waals surface area contributed by atoms with Gasteiger partial charge in [-0.05, 0) is 39.2 Å². The average Bonchev–Trinajstić information content (AvgIpc) is 2.62. The van der Waals surface area contributed by atoms with Crippen LogP contribution < -0.4 is 5.32 Å². The zero-order valence-corrected chi connectivity index (χ0v) is 15.7. The fourth-order valence-electron chi connectivity index (χ4n) is 2.91. The van der Waals surface area contributed by atoms with Crippen LogP contribution in [0.5, 0.6) is 0 Å². The molecule has 5 heteroatoms. The second-order valence-corrected chi connectivity index (χ2v) is 6.83. The quantitative estimate of drug-likeness (QED) is 0.687. The standard InChI is InChI=1S/C20H32N4O/c1-22(2)12-7-11-21-18-20(25)24-16-14-23(15-17-24)13-6-10-19-8-4-3-5-9-19/h3-6,8-10,21H,7,11-18H2,1-2H3/b10-6+. The van der Waals surface area contributed by atoms with Gasteiger partial charge in [0.1, 0.15) is 0 Å². The molecule has 0 saturated carbocycles. The van der Waals surface area contributed by atoms with Crippen LogP contribution in [-0.2, 0) is 4.79 Å². The van der Waals surface area contributed by atoms with Crippen molar-refractivity contribution in [1.29, 1.82) is 0 Å². The highest BCUT2D eigenvalue weighted by Gasteiger charge is 2.19. The van der Waals surface area contributed by atoms with Crippen LogP contribution in [0.25, 0.3) is 6.08 Å². The molecule has 0 aromatic heterocycles. The number of rotatable bonds is 9. The summed E-state index contributed by atoms with van der Waals surface area (Å²) in [6.07, 6.45) is 5.44. The van der Waals surface area contributed by atoms with Crippen molar-refractivity contribution in [1.82, 2.24) is 20.0 Å². The maximum absolute atomic E-state index is 12.2. The molecule has 2 rings (SSSR count). The molecular weight excluding hydrogens is 312 g/mol. The third-order valence-corrected chi connectivity index (χ3v) is 4.43. The molecule has 138 valence electrons. The molecular formula is C20H32N4O. The van der Waals surface area contributed by atoms with Crippen molar-refractivity contribution in [2.24, 2.45) is 0 Å². The Morgan fingerprint density at radius 2 is 1.88 bits per heavy atom. The van der Waals surface area contributed by atoms with Crippen molar-refractivity contribution in [3.8, 4) is 0 Å². The number of carbonyl (C=O) groups excluding carboxylic acids is 1. The number of amides is 1. The summed E-state index contributed by atoms with van der Waals surface area (Å²) in [6, 6.07) is 10.4. The van der Waals surface area contributed by atoms with Gasteiger partial charge < -0.3 is 15.1 Å². The van der Waals surface area contributed by atoms with Crippen LogP contribution in [-0.4, -0.2) is 87.1 Å². The van der Waals surface area contributed by atoms with Gasteiger partial charge in [0, 0.05) is 32.7 Å². The van der Waals surface area contributed by atoms with Gasteiger partial charge in [-0.1, -0.05) is 42.5 Å². The van der Waals surface area contributed by atoms with Crippen LogP contribution in [0.3, 0.4) is 0 Å². The number of benzene rings is 1. The lowest BCUT2D eigenvalue weighted by Crippen LogP contribution is -2.50. The molecule has 0 spiro atoms. The van der Waals surface area contributed by atoms with Crippen LogP contribution >= 0.6 is 0 Å². The molecule has 1 saturated heterocycles. The van der Waals surface area contributed by atoms with E-state index in [1.54, 1.807) is 0 Å². The monoisotopic (exact) mass is 344 g/mol. The Hall–Kier alpha value is -1.69. The summed E-state index contributed by atoms with van der Waals surface area (Å²) in [5.41, 5.74) is 1.23. The normalized spacial score (nSPS) is 16.0. The van der Waals surface area contributed by atoms with E-state index in [1.165, 1.54) is 5.56 Å². The Balaban J connectivity index is 1.59. The van der Waals surface area contributed by atoms with Gasteiger partial charge >= 0.3 is 0 Å². The molecule has 1 aromatic carbocycles. The zero-order valence-electron chi connectivity index (χ0n) is 15.7. The van der Waals surface area contributed by atoms with E-state index in [2.05, 4.69) is 65.6 Å². The second kappa shape index (κ2) is 11.0. The highest BCUT2D eigenvalue weighted by Crippen LogP contribution is 2.04. The van der Waals surface area contributed by atoms with Crippen molar-refractivity contribution in [2.75, 3.05) is 66.5 Å². The Bertz CT molecular complexity index is 522. The molecule has 0 unspecified atom stereocenters. The Kier molecular flexibility index (Phi) is 8.66. The van der Waals surface area contributed by atoms with E-state index in [0.29, 0.717) is 6.54 Å². The number of nitrogens with zero attached hydrogens (tertiary/aromatic N) is 3. The summed E-state index contributed by atoms with van der Waals surface area (Å²) in [5.74, 6) is 0.226. The van der Waals surface area contributed by atoms with E-state index in [1.807, 2.05) is 11.0 Å². The molecule has 0 bridgehead atoms. The van der Waals surface area contributed by atoms with Gasteiger partial charge in [0.15, 0.2) is 0 Å². The number of piperazine rings is 1. The smallest absolute Gasteiger partial charge is 0.236 e. The summed E-state index contributed by atoms with van der Waals surface area (Å²) in [6.45, 7) is 6.91. The first-order valence-corrected chi connectivity index (χ1v) is 9.22. The zero-order chi connectivity index (χ0) is 17.9. The van der Waals surface area contributed by atoms with Crippen molar-refractivity contribution in [3.63, 3.8) is 0 Å². The highest BCUT2D eigenvalue weighted by molar-refractivity contribution is 5.78. The van der Waals surface area contributed by atoms with Crippen molar-refractivity contribution >= 4 is 12.0 Å². The van der Waals surface area contributed by atoms with Gasteiger partial charge in [-0.15, -0.1) is 0 Å². The number of hydrogen-bond acceptors (Lipinski definition) is 4. The topological polar surface area (TPSA) is 38.8 Å². The highest BCUT2D eigenvalue weighted by atomic mass is 16.2. The van der Waals surface area contributed by atoms with Gasteiger partial charge in [0.25, 0.3) is 0 Å². The molecule has 1 aliphatic heterocycles. The van der Waals surface area contributed by atoms with Crippen LogP contribution in [0.4, 0.5) is 0 Å². The minimum Gasteiger partial charge on any atom is -0.339 e. The predicted molar refractivity (Wildman–Crippen MR) is 105 cm³/mol. The first kappa shape index (κ1) is 19.6. The van der Waals surface area contributed by atoms with Crippen LogP contribution in [0.2, 0.25) is 0 Å². The fourth-order valence-corrected chi connectivity index (χ4v) is 2.91. The minimum atomic E-state index is 0.226. The lowest BCUT2D eigenvalue weighted by molar-refractivity contribution is -0.131. The molecule has 0 aliphatic carbocycles. The van der Waals surface area contributed by atoms with E-state index in [-0.39, 0.29) is 5.91 Å². The van der Waals surface area contributed by atoms with Crippen molar-refractivity contribution < 1.29 is 4.79 Å². The third kappa shape index (κ3) is 7.82. The molecule has 1 heterocycles. The predicted octanol–water partition coefficient (Wildman–Crippen LogP) is 1.39. The lowest BCUT2D eigenvalue weighted by Gasteiger charge is -2.34. The Morgan fingerprint density at radius 1 is 1.16 bits per heavy atom. The van der Waals surface area contributed by atoms with E-state index >= 15 is 0 Å². The summed E-state index contributed by atoms with van der Waals surface area (Å²) in [4.78, 5) is 18.8. The van der Waals surface area contributed by atoms with Gasteiger partial charge in [0.05, 0.1) is 6.54 Å². The van der Waals surface area contributed by atoms with Gasteiger partial charge in [-0.3, -0.25) is 9.69 Å². The summed E-state index contributed by atoms with van der Waals surface area (Å²) < 4.78 is 0. The summed E-state index contributed by atoms with van der Waals surface area (Å²) >= 11 is 0. The van der Waals surface area contributed by atoms with Crippen molar-refractivity contribution in [2.45, 2.75) is 6.42 Å². The molecule has 25 heavy (non-hydrogen) atoms. The SMILES string of the molecule is CN(C)CCCNCC(=O)N1CCN(C/C=C/c2ccccc2)CC1. The van der Waals surface area contributed by atoms with Crippen LogP contribution in [0.1, 0.15) is 12.0 Å². The molecule has 1 fully saturated rings. The lowest BCUT2D eigenvalue weighted by atomic mass is 10.2. The van der Waals surface area contributed by atoms with E-state index in [4.69, 9.17) is 0 Å². The molecule has 1 amide bonds. The van der Waals surface area contributed by atoms with Crippen LogP contribution in [0, 0.1) is 0 Å². The second-order valence-electron chi connectivity index (χ2n) is 6.83. The van der Waals surface area contributed by atoms with E-state index in [9.17, 15) is 4.79 Å². The van der Waals surface area contributed by atoms with Gasteiger partial charge in [-0.2, -0.15) is 0 Å². The Morgan fingerprint density at radius 3 is 2.56 bits per heavy atom. The first-order chi connectivity index (χ1) is 12.1. The van der Waals surface area contributed by atoms with Gasteiger partial charge in [0.2, 0.25) is 5.91 Å². The third-order valence-electron chi connectivity index (χ3n) is 4.43. The largest absolute Gasteiger partial charge is 0.339 e. The van der Waals surface area contributed by atoms with E-state index in [0.717, 1.165) is 52.2 Å². The maximum Gasteiger partial charge on any atom is 0.236 e. The first-order valence-electron chi connectivity index (χ1n) is 9.22. The minimum absolute atomic E-state index is 0.226. The van der Waals surface area contributed by atoms with Crippen LogP contribution in [0.15, 0.2) is 36.4 Å². The number of nitrogens with one attached hydrogen (secondary N) is 1. The number of hydrogen-bond donors (Lipinski definition) is 1. The summed E-state index contributed by atoms with van der Waals surface area (Å²) in [5, 5.41) is 3.26. The molecule has 5 nitrogen and oxygen atoms in total. The fraction of sp³-hybridized carbons (Fsp3) is 0.550. The maximum atomic E-state index is 12.2.